The van der Waals surface area contributed by atoms with E-state index < -0.39 is 0 Å². The maximum absolute atomic E-state index is 12.1. The summed E-state index contributed by atoms with van der Waals surface area (Å²) in [5.74, 6) is 0.162. The van der Waals surface area contributed by atoms with Gasteiger partial charge in [-0.1, -0.05) is 13.8 Å². The number of nitrogens with zero attached hydrogens (tertiary/aromatic N) is 1. The third-order valence-corrected chi connectivity index (χ3v) is 2.66. The van der Waals surface area contributed by atoms with Crippen LogP contribution in [0.4, 0.5) is 0 Å². The van der Waals surface area contributed by atoms with E-state index in [2.05, 4.69) is 0 Å². The maximum Gasteiger partial charge on any atom is 0.228 e. The average Bonchev–Trinajstić information content (AvgIpc) is 2.00. The molecule has 0 aliphatic heterocycles. The Bertz CT molecular complexity index is 204. The quantitative estimate of drug-likeness (QED) is 0.752. The van der Waals surface area contributed by atoms with Gasteiger partial charge in [0.15, 0.2) is 0 Å². The lowest BCUT2D eigenvalue weighted by Gasteiger charge is -2.37. The Morgan fingerprint density at radius 1 is 1.21 bits per heavy atom. The number of hydrogen-bond donors (Lipinski definition) is 1. The van der Waals surface area contributed by atoms with Crippen LogP contribution in [0.5, 0.6) is 0 Å². The normalized spacial score (nSPS) is 12.8. The van der Waals surface area contributed by atoms with Crippen molar-refractivity contribution >= 4 is 5.91 Å². The van der Waals surface area contributed by atoms with Gasteiger partial charge in [0.2, 0.25) is 5.91 Å². The minimum Gasteiger partial charge on any atom is -0.340 e. The number of nitrogens with two attached hydrogens (primary N) is 1. The van der Waals surface area contributed by atoms with E-state index in [4.69, 9.17) is 5.73 Å². The Labute approximate surface area is 87.6 Å². The first-order valence-corrected chi connectivity index (χ1v) is 5.11. The molecule has 0 aliphatic carbocycles. The van der Waals surface area contributed by atoms with Crippen molar-refractivity contribution in [1.29, 1.82) is 0 Å². The number of carbonyl (C=O) groups is 1. The van der Waals surface area contributed by atoms with E-state index in [1.807, 2.05) is 41.7 Å². The second-order valence-corrected chi connectivity index (χ2v) is 5.46. The molecule has 3 heteroatoms. The van der Waals surface area contributed by atoms with Gasteiger partial charge in [-0.3, -0.25) is 4.79 Å². The first kappa shape index (κ1) is 13.4. The molecule has 0 atom stereocenters. The van der Waals surface area contributed by atoms with Crippen LogP contribution in [0.2, 0.25) is 0 Å². The van der Waals surface area contributed by atoms with Crippen LogP contribution in [-0.2, 0) is 4.79 Å². The van der Waals surface area contributed by atoms with Crippen molar-refractivity contribution < 1.29 is 4.79 Å². The van der Waals surface area contributed by atoms with Crippen molar-refractivity contribution in [3.8, 4) is 0 Å². The summed E-state index contributed by atoms with van der Waals surface area (Å²) in [5.41, 5.74) is 5.02. The molecule has 2 N–H and O–H groups in total. The van der Waals surface area contributed by atoms with Gasteiger partial charge in [-0.15, -0.1) is 0 Å². The van der Waals surface area contributed by atoms with Crippen LogP contribution in [0.25, 0.3) is 0 Å². The van der Waals surface area contributed by atoms with Crippen molar-refractivity contribution in [2.24, 2.45) is 11.1 Å². The molecule has 0 unspecified atom stereocenters. The lowest BCUT2D eigenvalue weighted by Crippen LogP contribution is -2.48. The molecule has 3 nitrogen and oxygen atoms in total. The fraction of sp³-hybridized carbons (Fsp3) is 0.909. The second kappa shape index (κ2) is 4.30. The zero-order chi connectivity index (χ0) is 11.6. The SMILES string of the molecule is CN(C(=O)C(C)(C)CCN)C(C)(C)C. The fourth-order valence-electron chi connectivity index (χ4n) is 1.23. The van der Waals surface area contributed by atoms with E-state index >= 15 is 0 Å². The van der Waals surface area contributed by atoms with Gasteiger partial charge >= 0.3 is 0 Å². The average molecular weight is 200 g/mol. The molecular formula is C11H24N2O. The van der Waals surface area contributed by atoms with Crippen LogP contribution in [0.3, 0.4) is 0 Å². The van der Waals surface area contributed by atoms with Gasteiger partial charge in [-0.25, -0.2) is 0 Å². The van der Waals surface area contributed by atoms with E-state index in [9.17, 15) is 4.79 Å². The van der Waals surface area contributed by atoms with Crippen LogP contribution in [0.1, 0.15) is 41.0 Å². The molecule has 1 amide bonds. The lowest BCUT2D eigenvalue weighted by atomic mass is 9.86. The first-order valence-electron chi connectivity index (χ1n) is 5.11. The zero-order valence-electron chi connectivity index (χ0n) is 10.3. The van der Waals surface area contributed by atoms with E-state index in [0.29, 0.717) is 6.54 Å². The second-order valence-electron chi connectivity index (χ2n) is 5.46. The predicted molar refractivity (Wildman–Crippen MR) is 60.0 cm³/mol. The molecule has 0 spiro atoms. The number of rotatable bonds is 3. The van der Waals surface area contributed by atoms with Gasteiger partial charge in [0.1, 0.15) is 0 Å². The minimum atomic E-state index is -0.350. The van der Waals surface area contributed by atoms with Crippen molar-refractivity contribution in [3.05, 3.63) is 0 Å². The van der Waals surface area contributed by atoms with Crippen molar-refractivity contribution in [2.75, 3.05) is 13.6 Å². The number of amides is 1. The topological polar surface area (TPSA) is 46.3 Å². The van der Waals surface area contributed by atoms with Crippen molar-refractivity contribution in [3.63, 3.8) is 0 Å². The summed E-state index contributed by atoms with van der Waals surface area (Å²) in [6.07, 6.45) is 0.728. The van der Waals surface area contributed by atoms with Gasteiger partial charge in [-0.2, -0.15) is 0 Å². The van der Waals surface area contributed by atoms with E-state index in [0.717, 1.165) is 6.42 Å². The van der Waals surface area contributed by atoms with Gasteiger partial charge in [0.25, 0.3) is 0 Å². The Morgan fingerprint density at radius 2 is 1.64 bits per heavy atom. The molecular weight excluding hydrogens is 176 g/mol. The standard InChI is InChI=1S/C11H24N2O/c1-10(2,3)13(6)9(14)11(4,5)7-8-12/h7-8,12H2,1-6H3. The fourth-order valence-corrected chi connectivity index (χ4v) is 1.23. The van der Waals surface area contributed by atoms with Crippen LogP contribution in [-0.4, -0.2) is 29.9 Å². The smallest absolute Gasteiger partial charge is 0.228 e. The van der Waals surface area contributed by atoms with Crippen molar-refractivity contribution in [1.82, 2.24) is 4.90 Å². The molecule has 0 aromatic carbocycles. The highest BCUT2D eigenvalue weighted by Gasteiger charge is 2.33. The Kier molecular flexibility index (Phi) is 4.13. The highest BCUT2D eigenvalue weighted by Crippen LogP contribution is 2.25. The lowest BCUT2D eigenvalue weighted by molar-refractivity contribution is -0.143. The van der Waals surface area contributed by atoms with E-state index in [-0.39, 0.29) is 16.9 Å². The Hall–Kier alpha value is -0.570. The first-order chi connectivity index (χ1) is 6.13. The highest BCUT2D eigenvalue weighted by atomic mass is 16.2. The summed E-state index contributed by atoms with van der Waals surface area (Å²) in [5, 5.41) is 0. The summed E-state index contributed by atoms with van der Waals surface area (Å²) < 4.78 is 0. The minimum absolute atomic E-state index is 0.122. The summed E-state index contributed by atoms with van der Waals surface area (Å²) in [4.78, 5) is 13.9. The van der Waals surface area contributed by atoms with Crippen LogP contribution in [0.15, 0.2) is 0 Å². The van der Waals surface area contributed by atoms with Gasteiger partial charge < -0.3 is 10.6 Å². The molecule has 0 rings (SSSR count). The molecule has 0 bridgehead atoms. The Morgan fingerprint density at radius 3 is 1.93 bits per heavy atom. The van der Waals surface area contributed by atoms with Crippen molar-refractivity contribution in [2.45, 2.75) is 46.6 Å². The monoisotopic (exact) mass is 200 g/mol. The third-order valence-electron chi connectivity index (χ3n) is 2.66. The molecule has 14 heavy (non-hydrogen) atoms. The molecule has 0 aromatic heterocycles. The molecule has 0 saturated heterocycles. The molecule has 0 fully saturated rings. The van der Waals surface area contributed by atoms with Gasteiger partial charge in [-0.05, 0) is 33.7 Å². The molecule has 0 heterocycles. The third kappa shape index (κ3) is 3.29. The van der Waals surface area contributed by atoms with Crippen LogP contribution >= 0.6 is 0 Å². The molecule has 0 aliphatic rings. The summed E-state index contributed by atoms with van der Waals surface area (Å²) in [6, 6.07) is 0. The highest BCUT2D eigenvalue weighted by molar-refractivity contribution is 5.82. The predicted octanol–water partition coefficient (Wildman–Crippen LogP) is 1.62. The van der Waals surface area contributed by atoms with Crippen LogP contribution < -0.4 is 5.73 Å². The van der Waals surface area contributed by atoms with Gasteiger partial charge in [0, 0.05) is 18.0 Å². The summed E-state index contributed by atoms with van der Waals surface area (Å²) in [6.45, 7) is 10.5. The number of hydrogen-bond acceptors (Lipinski definition) is 2. The largest absolute Gasteiger partial charge is 0.340 e. The Balaban J connectivity index is 4.62. The maximum atomic E-state index is 12.1. The van der Waals surface area contributed by atoms with Gasteiger partial charge in [0.05, 0.1) is 0 Å². The van der Waals surface area contributed by atoms with Crippen LogP contribution in [0, 0.1) is 5.41 Å². The molecule has 0 saturated carbocycles. The summed E-state index contributed by atoms with van der Waals surface area (Å²) in [7, 11) is 1.85. The molecule has 0 radical (unpaired) electrons. The summed E-state index contributed by atoms with van der Waals surface area (Å²) >= 11 is 0. The molecule has 84 valence electrons. The molecule has 0 aromatic rings. The zero-order valence-corrected chi connectivity index (χ0v) is 10.3. The van der Waals surface area contributed by atoms with E-state index in [1.165, 1.54) is 0 Å². The number of carbonyl (C=O) groups excluding carboxylic acids is 1. The van der Waals surface area contributed by atoms with E-state index in [1.54, 1.807) is 4.90 Å².